The molecule has 1 aromatic heterocycles. The summed E-state index contributed by atoms with van der Waals surface area (Å²) in [6, 6.07) is 16.3. The Hall–Kier alpha value is -2.88. The second-order valence-electron chi connectivity index (χ2n) is 5.64. The maximum atomic E-state index is 12.6. The Morgan fingerprint density at radius 3 is 2.57 bits per heavy atom. The molecule has 23 heavy (non-hydrogen) atoms. The fraction of sp³-hybridized carbons (Fsp3) is 0.158. The predicted octanol–water partition coefficient (Wildman–Crippen LogP) is 3.23. The molecule has 0 saturated heterocycles. The van der Waals surface area contributed by atoms with E-state index in [4.69, 9.17) is 9.15 Å². The van der Waals surface area contributed by atoms with Crippen LogP contribution in [0.3, 0.4) is 0 Å². The normalized spacial score (nSPS) is 16.6. The van der Waals surface area contributed by atoms with E-state index in [1.165, 1.54) is 0 Å². The maximum absolute atomic E-state index is 12.6. The van der Waals surface area contributed by atoms with Crippen LogP contribution >= 0.6 is 0 Å². The lowest BCUT2D eigenvalue weighted by Gasteiger charge is -2.24. The van der Waals surface area contributed by atoms with Crippen molar-refractivity contribution >= 4 is 16.8 Å². The van der Waals surface area contributed by atoms with Crippen molar-refractivity contribution in [3.8, 4) is 5.75 Å². The van der Waals surface area contributed by atoms with E-state index >= 15 is 0 Å². The highest BCUT2D eigenvalue weighted by Crippen LogP contribution is 2.33. The van der Waals surface area contributed by atoms with Gasteiger partial charge in [0.15, 0.2) is 5.78 Å². The summed E-state index contributed by atoms with van der Waals surface area (Å²) in [6.07, 6.45) is 0.343. The molecule has 4 rings (SSSR count). The first-order chi connectivity index (χ1) is 11.2. The highest BCUT2D eigenvalue weighted by atomic mass is 16.5. The molecule has 1 unspecified atom stereocenters. The van der Waals surface area contributed by atoms with Gasteiger partial charge in [-0.25, -0.2) is 4.79 Å². The summed E-state index contributed by atoms with van der Waals surface area (Å²) >= 11 is 0. The zero-order chi connectivity index (χ0) is 15.8. The number of ketones is 1. The van der Waals surface area contributed by atoms with Crippen molar-refractivity contribution < 1.29 is 13.9 Å². The third kappa shape index (κ3) is 2.32. The van der Waals surface area contributed by atoms with Crippen LogP contribution in [0.5, 0.6) is 5.75 Å². The minimum absolute atomic E-state index is 0.0104. The Bertz CT molecular complexity index is 940. The van der Waals surface area contributed by atoms with Crippen LogP contribution in [0.1, 0.15) is 15.9 Å². The van der Waals surface area contributed by atoms with Gasteiger partial charge in [-0.15, -0.1) is 0 Å². The number of benzene rings is 2. The molecule has 3 aromatic rings. The monoisotopic (exact) mass is 306 g/mol. The maximum Gasteiger partial charge on any atom is 0.343 e. The molecule has 1 aliphatic rings. The number of Topliss-reactive ketones (excluding diaryl/α,β-unsaturated/α-hetero) is 1. The van der Waals surface area contributed by atoms with Crippen molar-refractivity contribution in [2.75, 3.05) is 6.61 Å². The van der Waals surface area contributed by atoms with E-state index < -0.39 is 5.63 Å². The van der Waals surface area contributed by atoms with Crippen LogP contribution in [0.4, 0.5) is 0 Å². The van der Waals surface area contributed by atoms with Crippen molar-refractivity contribution in [2.24, 2.45) is 5.92 Å². The van der Waals surface area contributed by atoms with Gasteiger partial charge >= 0.3 is 5.63 Å². The standard InChI is InChI=1S/C19H14O4/c20-17(12-6-2-1-3-7-12)13-10-15-18(22-11-13)14-8-4-5-9-16(14)23-19(15)21/h1-9,13H,10-11H2. The van der Waals surface area contributed by atoms with E-state index in [-0.39, 0.29) is 18.3 Å². The number of hydrogen-bond donors (Lipinski definition) is 0. The van der Waals surface area contributed by atoms with Gasteiger partial charge in [-0.05, 0) is 18.6 Å². The van der Waals surface area contributed by atoms with E-state index in [1.54, 1.807) is 18.2 Å². The number of carbonyl (C=O) groups is 1. The van der Waals surface area contributed by atoms with Crippen molar-refractivity contribution in [3.63, 3.8) is 0 Å². The molecule has 0 radical (unpaired) electrons. The van der Waals surface area contributed by atoms with Gasteiger partial charge in [0.25, 0.3) is 0 Å². The molecule has 114 valence electrons. The third-order valence-corrected chi connectivity index (χ3v) is 4.16. The highest BCUT2D eigenvalue weighted by Gasteiger charge is 2.30. The molecule has 2 aromatic carbocycles. The summed E-state index contributed by atoms with van der Waals surface area (Å²) in [4.78, 5) is 24.8. The van der Waals surface area contributed by atoms with E-state index in [9.17, 15) is 9.59 Å². The Morgan fingerprint density at radius 1 is 1.00 bits per heavy atom. The molecular formula is C19H14O4. The lowest BCUT2D eigenvalue weighted by atomic mass is 9.90. The molecule has 0 amide bonds. The minimum Gasteiger partial charge on any atom is -0.491 e. The minimum atomic E-state index is -0.427. The molecule has 4 nitrogen and oxygen atoms in total. The number of rotatable bonds is 2. The quantitative estimate of drug-likeness (QED) is 0.539. The van der Waals surface area contributed by atoms with E-state index in [0.29, 0.717) is 28.9 Å². The fourth-order valence-corrected chi connectivity index (χ4v) is 3.00. The zero-order valence-corrected chi connectivity index (χ0v) is 12.3. The number of carbonyl (C=O) groups excluding carboxylic acids is 1. The Morgan fingerprint density at radius 2 is 1.74 bits per heavy atom. The number of ether oxygens (including phenoxy) is 1. The van der Waals surface area contributed by atoms with Crippen molar-refractivity contribution in [1.82, 2.24) is 0 Å². The van der Waals surface area contributed by atoms with E-state index in [1.807, 2.05) is 36.4 Å². The topological polar surface area (TPSA) is 56.5 Å². The lowest BCUT2D eigenvalue weighted by molar-refractivity contribution is 0.0854. The van der Waals surface area contributed by atoms with Crippen LogP contribution in [0, 0.1) is 5.92 Å². The van der Waals surface area contributed by atoms with Crippen LogP contribution in [-0.4, -0.2) is 12.4 Å². The van der Waals surface area contributed by atoms with Gasteiger partial charge in [0, 0.05) is 5.56 Å². The smallest absolute Gasteiger partial charge is 0.343 e. The first-order valence-electron chi connectivity index (χ1n) is 7.51. The summed E-state index contributed by atoms with van der Waals surface area (Å²) in [5, 5.41) is 0.771. The average Bonchev–Trinajstić information content (AvgIpc) is 2.62. The first kappa shape index (κ1) is 13.8. The molecule has 4 heteroatoms. The Kier molecular flexibility index (Phi) is 3.23. The predicted molar refractivity (Wildman–Crippen MR) is 85.9 cm³/mol. The molecule has 2 heterocycles. The second kappa shape index (κ2) is 5.39. The molecule has 0 saturated carbocycles. The van der Waals surface area contributed by atoms with Crippen LogP contribution < -0.4 is 10.4 Å². The molecule has 0 bridgehead atoms. The molecule has 1 aliphatic heterocycles. The summed E-state index contributed by atoms with van der Waals surface area (Å²) < 4.78 is 11.1. The number of para-hydroxylation sites is 1. The first-order valence-corrected chi connectivity index (χ1v) is 7.51. The van der Waals surface area contributed by atoms with Gasteiger partial charge in [0.1, 0.15) is 11.3 Å². The van der Waals surface area contributed by atoms with Gasteiger partial charge in [-0.1, -0.05) is 42.5 Å². The third-order valence-electron chi connectivity index (χ3n) is 4.16. The molecular weight excluding hydrogens is 292 g/mol. The lowest BCUT2D eigenvalue weighted by Crippen LogP contribution is -2.31. The average molecular weight is 306 g/mol. The number of fused-ring (bicyclic) bond motifs is 3. The van der Waals surface area contributed by atoms with Crippen molar-refractivity contribution in [3.05, 3.63) is 76.1 Å². The second-order valence-corrected chi connectivity index (χ2v) is 5.64. The fourth-order valence-electron chi connectivity index (χ4n) is 3.00. The highest BCUT2D eigenvalue weighted by molar-refractivity contribution is 5.98. The molecule has 1 atom stereocenters. The van der Waals surface area contributed by atoms with Crippen LogP contribution in [0.2, 0.25) is 0 Å². The summed E-state index contributed by atoms with van der Waals surface area (Å²) in [5.74, 6) is 0.173. The van der Waals surface area contributed by atoms with E-state index in [2.05, 4.69) is 0 Å². The van der Waals surface area contributed by atoms with Gasteiger partial charge < -0.3 is 9.15 Å². The molecule has 0 fully saturated rings. The summed E-state index contributed by atoms with van der Waals surface area (Å²) in [6.45, 7) is 0.272. The molecule has 0 N–H and O–H groups in total. The Balaban J connectivity index is 1.74. The molecule has 0 spiro atoms. The van der Waals surface area contributed by atoms with Gasteiger partial charge in [0.05, 0.1) is 23.5 Å². The summed E-state index contributed by atoms with van der Waals surface area (Å²) in [7, 11) is 0. The SMILES string of the molecule is O=C(c1ccccc1)C1COc2c(c(=O)oc3ccccc23)C1. The van der Waals surface area contributed by atoms with Crippen LogP contribution in [-0.2, 0) is 6.42 Å². The van der Waals surface area contributed by atoms with Crippen molar-refractivity contribution in [2.45, 2.75) is 6.42 Å². The Labute approximate surface area is 132 Å². The van der Waals surface area contributed by atoms with Gasteiger partial charge in [0.2, 0.25) is 0 Å². The summed E-state index contributed by atoms with van der Waals surface area (Å²) in [5.41, 5.74) is 1.16. The van der Waals surface area contributed by atoms with Gasteiger partial charge in [-0.2, -0.15) is 0 Å². The van der Waals surface area contributed by atoms with Crippen LogP contribution in [0.25, 0.3) is 11.0 Å². The van der Waals surface area contributed by atoms with E-state index in [0.717, 1.165) is 5.39 Å². The zero-order valence-electron chi connectivity index (χ0n) is 12.3. The number of hydrogen-bond acceptors (Lipinski definition) is 4. The molecule has 0 aliphatic carbocycles. The van der Waals surface area contributed by atoms with Crippen molar-refractivity contribution in [1.29, 1.82) is 0 Å². The largest absolute Gasteiger partial charge is 0.491 e. The van der Waals surface area contributed by atoms with Gasteiger partial charge in [-0.3, -0.25) is 4.79 Å². The van der Waals surface area contributed by atoms with Crippen LogP contribution in [0.15, 0.2) is 63.8 Å².